The van der Waals surface area contributed by atoms with Gasteiger partial charge >= 0.3 is 0 Å². The standard InChI is InChI=1S/C78H59BN2/c1-77(2,54-28-12-6-13-29-54)56-42-46-68-70(50-56)80(58-32-16-8-17-33-58)72-48-53(49-73-76(72)79(68)69-47-43-57(78(3,4)55-30-14-7-15-31-55)51-71(69)81(73)59-34-18-9-19-35-59)74-63-38-22-24-40-65(63)75(66-41-25-23-39-64(66)74)67-45-44-60(52-26-10-5-11-27-52)61-36-20-21-37-62(61)67/h5-51H,1-4H3. The van der Waals surface area contributed by atoms with Crippen molar-refractivity contribution in [3.05, 3.63) is 307 Å². The van der Waals surface area contributed by atoms with Gasteiger partial charge in [-0.3, -0.25) is 0 Å². The van der Waals surface area contributed by atoms with Gasteiger partial charge in [-0.05, 0) is 153 Å². The number of para-hydroxylation sites is 2. The molecule has 0 radical (unpaired) electrons. The molecule has 0 atom stereocenters. The predicted molar refractivity (Wildman–Crippen MR) is 346 cm³/mol. The summed E-state index contributed by atoms with van der Waals surface area (Å²) >= 11 is 0. The molecule has 0 spiro atoms. The van der Waals surface area contributed by atoms with E-state index in [0.29, 0.717) is 0 Å². The monoisotopic (exact) mass is 1030 g/mol. The minimum atomic E-state index is -0.273. The molecule has 0 N–H and O–H groups in total. The van der Waals surface area contributed by atoms with Gasteiger partial charge in [-0.15, -0.1) is 0 Å². The predicted octanol–water partition coefficient (Wildman–Crippen LogP) is 18.9. The second-order valence-corrected chi connectivity index (χ2v) is 23.1. The lowest BCUT2D eigenvalue weighted by Crippen LogP contribution is -2.61. The van der Waals surface area contributed by atoms with Crippen molar-refractivity contribution in [3.63, 3.8) is 0 Å². The molecule has 0 bridgehead atoms. The zero-order valence-electron chi connectivity index (χ0n) is 46.1. The minimum Gasteiger partial charge on any atom is -0.311 e. The Morgan fingerprint density at radius 1 is 0.272 bits per heavy atom. The van der Waals surface area contributed by atoms with Crippen LogP contribution in [0.2, 0.25) is 0 Å². The normalized spacial score (nSPS) is 12.9. The number of benzene rings is 13. The third-order valence-electron chi connectivity index (χ3n) is 18.0. The number of fused-ring (bicyclic) bond motifs is 7. The summed E-state index contributed by atoms with van der Waals surface area (Å²) in [7, 11) is 0. The van der Waals surface area contributed by atoms with Crippen LogP contribution in [0.3, 0.4) is 0 Å². The Balaban J connectivity index is 1.05. The van der Waals surface area contributed by atoms with Crippen molar-refractivity contribution in [2.75, 3.05) is 9.80 Å². The molecule has 15 rings (SSSR count). The summed E-state index contributed by atoms with van der Waals surface area (Å²) in [4.78, 5) is 5.16. The SMILES string of the molecule is CC(C)(c1ccccc1)c1ccc2c(c1)N(c1ccccc1)c1cc(-c3c4ccccc4c(-c4ccc(-c5ccccc5)c5ccccc45)c4ccccc34)cc3c1B2c1ccc(C(C)(C)c2ccccc2)cc1N3c1ccccc1. The highest BCUT2D eigenvalue weighted by Crippen LogP contribution is 2.52. The molecular weight excluding hydrogens is 976 g/mol. The smallest absolute Gasteiger partial charge is 0.252 e. The lowest BCUT2D eigenvalue weighted by atomic mass is 9.33. The van der Waals surface area contributed by atoms with Crippen LogP contribution in [0.4, 0.5) is 34.1 Å². The summed E-state index contributed by atoms with van der Waals surface area (Å²) in [6.07, 6.45) is 0. The van der Waals surface area contributed by atoms with E-state index in [1.165, 1.54) is 127 Å². The van der Waals surface area contributed by atoms with Crippen LogP contribution in [-0.4, -0.2) is 6.71 Å². The van der Waals surface area contributed by atoms with Crippen LogP contribution in [-0.2, 0) is 10.8 Å². The van der Waals surface area contributed by atoms with E-state index in [2.05, 4.69) is 323 Å². The zero-order valence-corrected chi connectivity index (χ0v) is 46.1. The van der Waals surface area contributed by atoms with E-state index in [4.69, 9.17) is 0 Å². The third-order valence-corrected chi connectivity index (χ3v) is 18.0. The Hall–Kier alpha value is -9.70. The van der Waals surface area contributed by atoms with Crippen LogP contribution in [0.1, 0.15) is 49.9 Å². The van der Waals surface area contributed by atoms with Gasteiger partial charge in [0.1, 0.15) is 0 Å². The van der Waals surface area contributed by atoms with Gasteiger partial charge in [-0.2, -0.15) is 0 Å². The van der Waals surface area contributed by atoms with Gasteiger partial charge in [0.15, 0.2) is 0 Å². The fourth-order valence-electron chi connectivity index (χ4n) is 13.8. The van der Waals surface area contributed by atoms with Gasteiger partial charge in [0.25, 0.3) is 6.71 Å². The summed E-state index contributed by atoms with van der Waals surface area (Å²) in [6, 6.07) is 107. The van der Waals surface area contributed by atoms with Gasteiger partial charge in [0.2, 0.25) is 0 Å². The van der Waals surface area contributed by atoms with Crippen molar-refractivity contribution in [1.82, 2.24) is 0 Å². The van der Waals surface area contributed by atoms with Crippen molar-refractivity contribution in [3.8, 4) is 33.4 Å². The van der Waals surface area contributed by atoms with E-state index >= 15 is 0 Å². The Morgan fingerprint density at radius 2 is 0.630 bits per heavy atom. The Labute approximate surface area is 476 Å². The maximum absolute atomic E-state index is 2.58. The third kappa shape index (κ3) is 7.71. The van der Waals surface area contributed by atoms with Crippen LogP contribution in [0.25, 0.3) is 65.7 Å². The van der Waals surface area contributed by atoms with Crippen LogP contribution in [0.5, 0.6) is 0 Å². The second kappa shape index (κ2) is 19.0. The summed E-state index contributed by atoms with van der Waals surface area (Å²) in [5.74, 6) is 0. The van der Waals surface area contributed by atoms with Crippen molar-refractivity contribution in [2.45, 2.75) is 38.5 Å². The summed E-state index contributed by atoms with van der Waals surface area (Å²) < 4.78 is 0. The largest absolute Gasteiger partial charge is 0.311 e. The van der Waals surface area contributed by atoms with E-state index in [-0.39, 0.29) is 17.5 Å². The molecule has 81 heavy (non-hydrogen) atoms. The van der Waals surface area contributed by atoms with Crippen molar-refractivity contribution < 1.29 is 0 Å². The minimum absolute atomic E-state index is 0.0697. The topological polar surface area (TPSA) is 6.48 Å². The molecule has 0 aliphatic carbocycles. The first-order chi connectivity index (χ1) is 39.7. The highest BCUT2D eigenvalue weighted by Gasteiger charge is 2.45. The number of nitrogens with zero attached hydrogens (tertiary/aromatic N) is 2. The average molecular weight is 1040 g/mol. The quantitative estimate of drug-likeness (QED) is 0.105. The van der Waals surface area contributed by atoms with E-state index < -0.39 is 0 Å². The van der Waals surface area contributed by atoms with Gasteiger partial charge in [0.05, 0.1) is 0 Å². The van der Waals surface area contributed by atoms with Crippen LogP contribution >= 0.6 is 0 Å². The summed E-state index contributed by atoms with van der Waals surface area (Å²) in [6.45, 7) is 9.41. The summed E-state index contributed by atoms with van der Waals surface area (Å²) in [5.41, 5.74) is 22.8. The average Bonchev–Trinajstić information content (AvgIpc) is 2.83. The summed E-state index contributed by atoms with van der Waals surface area (Å²) in [5, 5.41) is 7.37. The zero-order chi connectivity index (χ0) is 54.4. The van der Waals surface area contributed by atoms with Crippen LogP contribution in [0, 0.1) is 0 Å². The van der Waals surface area contributed by atoms with Gasteiger partial charge < -0.3 is 9.80 Å². The molecule has 3 heteroatoms. The first-order valence-electron chi connectivity index (χ1n) is 28.5. The van der Waals surface area contributed by atoms with Crippen molar-refractivity contribution >= 4 is 89.5 Å². The van der Waals surface area contributed by atoms with Gasteiger partial charge in [0, 0.05) is 45.0 Å². The molecular formula is C78H59BN2. The number of anilines is 6. The highest BCUT2D eigenvalue weighted by atomic mass is 15.2. The molecule has 0 amide bonds. The molecule has 2 aliphatic heterocycles. The Kier molecular flexibility index (Phi) is 11.4. The molecule has 384 valence electrons. The number of hydrogen-bond donors (Lipinski definition) is 0. The molecule has 2 heterocycles. The van der Waals surface area contributed by atoms with E-state index in [1.807, 2.05) is 0 Å². The second-order valence-electron chi connectivity index (χ2n) is 23.1. The molecule has 13 aromatic carbocycles. The van der Waals surface area contributed by atoms with Crippen molar-refractivity contribution in [2.24, 2.45) is 0 Å². The maximum atomic E-state index is 2.58. The molecule has 2 nitrogen and oxygen atoms in total. The van der Waals surface area contributed by atoms with E-state index in [0.717, 1.165) is 11.4 Å². The molecule has 13 aromatic rings. The molecule has 0 fully saturated rings. The van der Waals surface area contributed by atoms with E-state index in [1.54, 1.807) is 0 Å². The van der Waals surface area contributed by atoms with Gasteiger partial charge in [-0.25, -0.2) is 0 Å². The number of rotatable bonds is 9. The van der Waals surface area contributed by atoms with Crippen molar-refractivity contribution in [1.29, 1.82) is 0 Å². The molecule has 0 saturated heterocycles. The van der Waals surface area contributed by atoms with Crippen LogP contribution < -0.4 is 26.2 Å². The fourth-order valence-corrected chi connectivity index (χ4v) is 13.8. The lowest BCUT2D eigenvalue weighted by molar-refractivity contribution is 0.641. The first kappa shape index (κ1) is 48.4. The van der Waals surface area contributed by atoms with E-state index in [9.17, 15) is 0 Å². The highest BCUT2D eigenvalue weighted by molar-refractivity contribution is 7.00. The molecule has 0 unspecified atom stereocenters. The van der Waals surface area contributed by atoms with Gasteiger partial charge in [-0.1, -0.05) is 264 Å². The first-order valence-corrected chi connectivity index (χ1v) is 28.5. The Bertz CT molecular complexity index is 4350. The fraction of sp³-hybridized carbons (Fsp3) is 0.0769. The molecule has 0 saturated carbocycles. The molecule has 2 aliphatic rings. The van der Waals surface area contributed by atoms with Crippen LogP contribution in [0.15, 0.2) is 285 Å². The molecule has 0 aromatic heterocycles. The Morgan fingerprint density at radius 3 is 1.07 bits per heavy atom. The number of hydrogen-bond acceptors (Lipinski definition) is 2. The maximum Gasteiger partial charge on any atom is 0.252 e. The lowest BCUT2D eigenvalue weighted by Gasteiger charge is -2.45.